The van der Waals surface area contributed by atoms with Crippen LogP contribution in [0.25, 0.3) is 10.8 Å². The molecule has 0 aliphatic rings. The number of halogens is 1. The average molecular weight is 353 g/mol. The Hall–Kier alpha value is -3.41. The summed E-state index contributed by atoms with van der Waals surface area (Å²) in [6.45, 7) is 1.41. The largest absolute Gasteiger partial charge is 0.506 e. The molecule has 0 bridgehead atoms. The predicted octanol–water partition coefficient (Wildman–Crippen LogP) is 3.87. The van der Waals surface area contributed by atoms with Crippen LogP contribution >= 0.6 is 0 Å². The van der Waals surface area contributed by atoms with E-state index in [1.54, 1.807) is 18.2 Å². The summed E-state index contributed by atoms with van der Waals surface area (Å²) in [6, 6.07) is 15.4. The maximum atomic E-state index is 12.9. The van der Waals surface area contributed by atoms with Crippen LogP contribution in [0.3, 0.4) is 0 Å². The fraction of sp³-hybridized carbons (Fsp3) is 0.100. The second kappa shape index (κ2) is 7.23. The molecule has 0 aliphatic heterocycles. The minimum atomic E-state index is -1.10. The van der Waals surface area contributed by atoms with E-state index < -0.39 is 23.8 Å². The van der Waals surface area contributed by atoms with Gasteiger partial charge in [0.05, 0.1) is 0 Å². The molecule has 1 atom stereocenters. The van der Waals surface area contributed by atoms with Gasteiger partial charge in [-0.25, -0.2) is 9.18 Å². The Morgan fingerprint density at radius 2 is 1.73 bits per heavy atom. The molecule has 0 spiro atoms. The molecule has 0 saturated carbocycles. The number of phenols is 1. The monoisotopic (exact) mass is 353 g/mol. The standard InChI is InChI=1S/C20H16FNO4/c1-12(19(24)22-15-9-7-14(21)8-10-15)26-20(25)17-11-6-13-4-2-3-5-16(13)18(17)23/h2-12,23H,1H3,(H,22,24). The van der Waals surface area contributed by atoms with Gasteiger partial charge in [0.25, 0.3) is 5.91 Å². The van der Waals surface area contributed by atoms with E-state index >= 15 is 0 Å². The van der Waals surface area contributed by atoms with Gasteiger partial charge in [-0.1, -0.05) is 30.3 Å². The first kappa shape index (κ1) is 17.4. The SMILES string of the molecule is CC(OC(=O)c1ccc2ccccc2c1O)C(=O)Nc1ccc(F)cc1. The zero-order chi connectivity index (χ0) is 18.7. The number of anilines is 1. The molecule has 0 aliphatic carbocycles. The van der Waals surface area contributed by atoms with Crippen molar-refractivity contribution in [1.82, 2.24) is 0 Å². The summed E-state index contributed by atoms with van der Waals surface area (Å²) in [4.78, 5) is 24.4. The molecule has 0 heterocycles. The van der Waals surface area contributed by atoms with Crippen molar-refractivity contribution in [2.75, 3.05) is 5.32 Å². The highest BCUT2D eigenvalue weighted by Crippen LogP contribution is 2.29. The van der Waals surface area contributed by atoms with E-state index in [0.29, 0.717) is 11.1 Å². The second-order valence-electron chi connectivity index (χ2n) is 5.73. The van der Waals surface area contributed by atoms with Crippen molar-refractivity contribution in [2.24, 2.45) is 0 Å². The number of phenolic OH excluding ortho intramolecular Hbond substituents is 1. The molecule has 5 nitrogen and oxygen atoms in total. The summed E-state index contributed by atoms with van der Waals surface area (Å²) in [6.07, 6.45) is -1.10. The molecule has 3 aromatic carbocycles. The number of hydrogen-bond acceptors (Lipinski definition) is 4. The van der Waals surface area contributed by atoms with Gasteiger partial charge in [-0.15, -0.1) is 0 Å². The maximum Gasteiger partial charge on any atom is 0.342 e. The molecule has 0 aromatic heterocycles. The highest BCUT2D eigenvalue weighted by molar-refractivity contribution is 6.02. The van der Waals surface area contributed by atoms with E-state index in [1.807, 2.05) is 12.1 Å². The van der Waals surface area contributed by atoms with E-state index in [-0.39, 0.29) is 11.3 Å². The predicted molar refractivity (Wildman–Crippen MR) is 95.5 cm³/mol. The Kier molecular flexibility index (Phi) is 4.84. The number of aromatic hydroxyl groups is 1. The summed E-state index contributed by atoms with van der Waals surface area (Å²) < 4.78 is 18.0. The number of hydrogen-bond donors (Lipinski definition) is 2. The number of rotatable bonds is 4. The smallest absolute Gasteiger partial charge is 0.342 e. The van der Waals surface area contributed by atoms with Gasteiger partial charge in [0, 0.05) is 11.1 Å². The number of carbonyl (C=O) groups is 2. The van der Waals surface area contributed by atoms with Crippen molar-refractivity contribution >= 4 is 28.3 Å². The molecule has 26 heavy (non-hydrogen) atoms. The molecule has 0 radical (unpaired) electrons. The maximum absolute atomic E-state index is 12.9. The third kappa shape index (κ3) is 3.64. The number of benzene rings is 3. The molecule has 6 heteroatoms. The van der Waals surface area contributed by atoms with Crippen molar-refractivity contribution in [1.29, 1.82) is 0 Å². The molecule has 2 N–H and O–H groups in total. The third-order valence-electron chi connectivity index (χ3n) is 3.89. The van der Waals surface area contributed by atoms with Crippen LogP contribution in [-0.2, 0) is 9.53 Å². The Bertz CT molecular complexity index is 969. The molecule has 0 saturated heterocycles. The van der Waals surface area contributed by atoms with Gasteiger partial charge in [-0.2, -0.15) is 0 Å². The van der Waals surface area contributed by atoms with Crippen LogP contribution < -0.4 is 5.32 Å². The van der Waals surface area contributed by atoms with Gasteiger partial charge in [-0.05, 0) is 42.6 Å². The topological polar surface area (TPSA) is 75.6 Å². The van der Waals surface area contributed by atoms with Gasteiger partial charge in [0.1, 0.15) is 17.1 Å². The van der Waals surface area contributed by atoms with E-state index in [9.17, 15) is 19.1 Å². The highest BCUT2D eigenvalue weighted by atomic mass is 19.1. The number of esters is 1. The van der Waals surface area contributed by atoms with Gasteiger partial charge in [0.2, 0.25) is 0 Å². The Labute approximate surface area is 149 Å². The second-order valence-corrected chi connectivity index (χ2v) is 5.73. The third-order valence-corrected chi connectivity index (χ3v) is 3.89. The zero-order valence-corrected chi connectivity index (χ0v) is 13.9. The van der Waals surface area contributed by atoms with Crippen molar-refractivity contribution in [2.45, 2.75) is 13.0 Å². The number of fused-ring (bicyclic) bond motifs is 1. The lowest BCUT2D eigenvalue weighted by molar-refractivity contribution is -0.123. The first-order valence-electron chi connectivity index (χ1n) is 7.94. The lowest BCUT2D eigenvalue weighted by Crippen LogP contribution is -2.30. The lowest BCUT2D eigenvalue weighted by atomic mass is 10.1. The van der Waals surface area contributed by atoms with Crippen molar-refractivity contribution < 1.29 is 23.8 Å². The molecule has 3 rings (SSSR count). The molecule has 1 amide bonds. The first-order valence-corrected chi connectivity index (χ1v) is 7.94. The van der Waals surface area contributed by atoms with E-state index in [1.165, 1.54) is 37.3 Å². The minimum absolute atomic E-state index is 0.0230. The van der Waals surface area contributed by atoms with Crippen LogP contribution in [0.1, 0.15) is 17.3 Å². The molecule has 0 fully saturated rings. The van der Waals surface area contributed by atoms with Gasteiger partial charge >= 0.3 is 5.97 Å². The minimum Gasteiger partial charge on any atom is -0.506 e. The zero-order valence-electron chi connectivity index (χ0n) is 13.9. The van der Waals surface area contributed by atoms with Crippen molar-refractivity contribution in [3.8, 4) is 5.75 Å². The Morgan fingerprint density at radius 1 is 1.04 bits per heavy atom. The normalized spacial score (nSPS) is 11.8. The van der Waals surface area contributed by atoms with Crippen LogP contribution in [0, 0.1) is 5.82 Å². The summed E-state index contributed by atoms with van der Waals surface area (Å²) in [5.41, 5.74) is 0.359. The molecule has 1 unspecified atom stereocenters. The molecule has 3 aromatic rings. The van der Waals surface area contributed by atoms with Crippen molar-refractivity contribution in [3.05, 3.63) is 72.0 Å². The van der Waals surface area contributed by atoms with E-state index in [4.69, 9.17) is 4.74 Å². The molecular formula is C20H16FNO4. The number of nitrogens with one attached hydrogen (secondary N) is 1. The van der Waals surface area contributed by atoms with Crippen LogP contribution in [0.5, 0.6) is 5.75 Å². The number of ether oxygens (including phenoxy) is 1. The summed E-state index contributed by atoms with van der Waals surface area (Å²) in [5, 5.41) is 14.1. The quantitative estimate of drug-likeness (QED) is 0.698. The van der Waals surface area contributed by atoms with Crippen molar-refractivity contribution in [3.63, 3.8) is 0 Å². The number of amides is 1. The average Bonchev–Trinajstić information content (AvgIpc) is 2.64. The molecular weight excluding hydrogens is 337 g/mol. The van der Waals surface area contributed by atoms with Crippen LogP contribution in [0.4, 0.5) is 10.1 Å². The van der Waals surface area contributed by atoms with E-state index in [2.05, 4.69) is 5.32 Å². The first-order chi connectivity index (χ1) is 12.5. The highest BCUT2D eigenvalue weighted by Gasteiger charge is 2.22. The van der Waals surface area contributed by atoms with Crippen LogP contribution in [-0.4, -0.2) is 23.1 Å². The van der Waals surface area contributed by atoms with Crippen LogP contribution in [0.2, 0.25) is 0 Å². The van der Waals surface area contributed by atoms with Crippen LogP contribution in [0.15, 0.2) is 60.7 Å². The summed E-state index contributed by atoms with van der Waals surface area (Å²) >= 11 is 0. The van der Waals surface area contributed by atoms with Gasteiger partial charge < -0.3 is 15.2 Å². The summed E-state index contributed by atoms with van der Waals surface area (Å²) in [5.74, 6) is -1.99. The lowest BCUT2D eigenvalue weighted by Gasteiger charge is -2.14. The van der Waals surface area contributed by atoms with Gasteiger partial charge in [0.15, 0.2) is 6.10 Å². The Balaban J connectivity index is 1.71. The van der Waals surface area contributed by atoms with Gasteiger partial charge in [-0.3, -0.25) is 4.79 Å². The fourth-order valence-electron chi connectivity index (χ4n) is 2.47. The van der Waals surface area contributed by atoms with E-state index in [0.717, 1.165) is 5.39 Å². The number of carbonyl (C=O) groups excluding carboxylic acids is 2. The molecule has 132 valence electrons. The fourth-order valence-corrected chi connectivity index (χ4v) is 2.47. The Morgan fingerprint density at radius 3 is 2.46 bits per heavy atom. The summed E-state index contributed by atoms with van der Waals surface area (Å²) in [7, 11) is 0.